The fourth-order valence-electron chi connectivity index (χ4n) is 3.75. The second-order valence-corrected chi connectivity index (χ2v) is 6.32. The highest BCUT2D eigenvalue weighted by atomic mass is 15.3. The van der Waals surface area contributed by atoms with Gasteiger partial charge in [0, 0.05) is 36.4 Å². The van der Waals surface area contributed by atoms with Crippen molar-refractivity contribution in [2.75, 3.05) is 18.0 Å². The van der Waals surface area contributed by atoms with Crippen molar-refractivity contribution in [1.82, 2.24) is 30.5 Å². The van der Waals surface area contributed by atoms with Gasteiger partial charge >= 0.3 is 0 Å². The average Bonchev–Trinajstić information content (AvgIpc) is 3.18. The van der Waals surface area contributed by atoms with Crippen LogP contribution in [0.15, 0.2) is 30.9 Å². The van der Waals surface area contributed by atoms with E-state index in [0.29, 0.717) is 12.1 Å². The van der Waals surface area contributed by atoms with E-state index in [1.165, 1.54) is 12.8 Å². The number of hydrogen-bond acceptors (Lipinski definition) is 6. The SMILES string of the molecule is c1cc(-c2cc3c(N4CC5CCC(C4)N5)ncnc3[nH]2)cnn1. The molecule has 116 valence electrons. The molecule has 0 radical (unpaired) electrons. The lowest BCUT2D eigenvalue weighted by molar-refractivity contribution is 0.464. The number of aromatic amines is 1. The van der Waals surface area contributed by atoms with Gasteiger partial charge in [-0.15, -0.1) is 0 Å². The number of piperazine rings is 1. The first kappa shape index (κ1) is 13.0. The second-order valence-electron chi connectivity index (χ2n) is 6.32. The molecule has 7 nitrogen and oxygen atoms in total. The van der Waals surface area contributed by atoms with E-state index in [1.807, 2.05) is 6.07 Å². The molecule has 2 atom stereocenters. The van der Waals surface area contributed by atoms with E-state index in [9.17, 15) is 0 Å². The maximum absolute atomic E-state index is 4.57. The Kier molecular flexibility index (Phi) is 2.81. The van der Waals surface area contributed by atoms with Crippen LogP contribution in [0.5, 0.6) is 0 Å². The van der Waals surface area contributed by atoms with Gasteiger partial charge in [-0.3, -0.25) is 0 Å². The van der Waals surface area contributed by atoms with Crippen LogP contribution >= 0.6 is 0 Å². The highest BCUT2D eigenvalue weighted by Gasteiger charge is 2.33. The van der Waals surface area contributed by atoms with Crippen molar-refractivity contribution >= 4 is 16.9 Å². The van der Waals surface area contributed by atoms with Crippen molar-refractivity contribution in [3.8, 4) is 11.3 Å². The minimum Gasteiger partial charge on any atom is -0.353 e. The molecule has 5 rings (SSSR count). The fraction of sp³-hybridized carbons (Fsp3) is 0.375. The van der Waals surface area contributed by atoms with Gasteiger partial charge in [0.2, 0.25) is 0 Å². The summed E-state index contributed by atoms with van der Waals surface area (Å²) in [5, 5.41) is 12.5. The summed E-state index contributed by atoms with van der Waals surface area (Å²) in [5.41, 5.74) is 2.87. The molecule has 3 aromatic rings. The largest absolute Gasteiger partial charge is 0.353 e. The summed E-state index contributed by atoms with van der Waals surface area (Å²) in [4.78, 5) is 14.7. The minimum absolute atomic E-state index is 0.585. The number of hydrogen-bond donors (Lipinski definition) is 2. The van der Waals surface area contributed by atoms with Crippen LogP contribution in [0.1, 0.15) is 12.8 Å². The first-order valence-electron chi connectivity index (χ1n) is 7.98. The Labute approximate surface area is 133 Å². The molecule has 23 heavy (non-hydrogen) atoms. The highest BCUT2D eigenvalue weighted by molar-refractivity contribution is 5.91. The molecule has 3 aromatic heterocycles. The molecule has 5 heterocycles. The number of H-pyrrole nitrogens is 1. The number of fused-ring (bicyclic) bond motifs is 3. The summed E-state index contributed by atoms with van der Waals surface area (Å²) in [6.07, 6.45) is 7.61. The van der Waals surface area contributed by atoms with E-state index < -0.39 is 0 Å². The molecule has 2 aliphatic rings. The van der Waals surface area contributed by atoms with Crippen LogP contribution in [0.4, 0.5) is 5.82 Å². The van der Waals surface area contributed by atoms with Gasteiger partial charge in [-0.05, 0) is 25.0 Å². The Morgan fingerprint density at radius 3 is 2.74 bits per heavy atom. The number of rotatable bonds is 2. The van der Waals surface area contributed by atoms with Gasteiger partial charge in [-0.1, -0.05) is 0 Å². The van der Waals surface area contributed by atoms with Crippen LogP contribution in [-0.2, 0) is 0 Å². The van der Waals surface area contributed by atoms with E-state index >= 15 is 0 Å². The highest BCUT2D eigenvalue weighted by Crippen LogP contribution is 2.31. The maximum atomic E-state index is 4.57. The van der Waals surface area contributed by atoms with Gasteiger partial charge in [0.05, 0.1) is 17.8 Å². The monoisotopic (exact) mass is 307 g/mol. The summed E-state index contributed by atoms with van der Waals surface area (Å²) >= 11 is 0. The summed E-state index contributed by atoms with van der Waals surface area (Å²) in [7, 11) is 0. The van der Waals surface area contributed by atoms with Crippen LogP contribution in [0, 0.1) is 0 Å². The molecule has 2 aliphatic heterocycles. The smallest absolute Gasteiger partial charge is 0.143 e. The predicted octanol–water partition coefficient (Wildman–Crippen LogP) is 1.36. The predicted molar refractivity (Wildman–Crippen MR) is 87.1 cm³/mol. The Morgan fingerprint density at radius 2 is 1.96 bits per heavy atom. The Bertz CT molecular complexity index is 832. The quantitative estimate of drug-likeness (QED) is 0.744. The molecule has 0 aromatic carbocycles. The first-order valence-corrected chi connectivity index (χ1v) is 7.98. The molecule has 0 spiro atoms. The maximum Gasteiger partial charge on any atom is 0.143 e. The van der Waals surface area contributed by atoms with Crippen LogP contribution in [0.2, 0.25) is 0 Å². The number of anilines is 1. The molecule has 2 N–H and O–H groups in total. The molecule has 7 heteroatoms. The number of aromatic nitrogens is 5. The van der Waals surface area contributed by atoms with E-state index in [1.54, 1.807) is 18.7 Å². The summed E-state index contributed by atoms with van der Waals surface area (Å²) < 4.78 is 0. The van der Waals surface area contributed by atoms with Crippen LogP contribution in [0.25, 0.3) is 22.3 Å². The van der Waals surface area contributed by atoms with Crippen LogP contribution < -0.4 is 10.2 Å². The van der Waals surface area contributed by atoms with Crippen molar-refractivity contribution in [1.29, 1.82) is 0 Å². The zero-order valence-corrected chi connectivity index (χ0v) is 12.6. The first-order chi connectivity index (χ1) is 11.4. The molecule has 2 saturated heterocycles. The van der Waals surface area contributed by atoms with Gasteiger partial charge in [-0.25, -0.2) is 9.97 Å². The van der Waals surface area contributed by atoms with E-state index in [2.05, 4.69) is 41.4 Å². The van der Waals surface area contributed by atoms with E-state index in [0.717, 1.165) is 41.2 Å². The zero-order chi connectivity index (χ0) is 15.2. The summed E-state index contributed by atoms with van der Waals surface area (Å²) in [6.45, 7) is 2.03. The van der Waals surface area contributed by atoms with Gasteiger partial charge in [0.1, 0.15) is 17.8 Å². The third kappa shape index (κ3) is 2.16. The lowest BCUT2D eigenvalue weighted by Crippen LogP contribution is -2.51. The lowest BCUT2D eigenvalue weighted by Gasteiger charge is -2.33. The Morgan fingerprint density at radius 1 is 1.09 bits per heavy atom. The third-order valence-electron chi connectivity index (χ3n) is 4.82. The van der Waals surface area contributed by atoms with Gasteiger partial charge < -0.3 is 15.2 Å². The third-order valence-corrected chi connectivity index (χ3v) is 4.82. The molecule has 0 aliphatic carbocycles. The lowest BCUT2D eigenvalue weighted by atomic mass is 10.2. The van der Waals surface area contributed by atoms with Gasteiger partial charge in [0.25, 0.3) is 0 Å². The van der Waals surface area contributed by atoms with Crippen molar-refractivity contribution < 1.29 is 0 Å². The standard InChI is InChI=1S/C16H17N7/c1-2-12-8-23(7-11(1)21-12)16-13-5-14(10-3-4-19-20-6-10)22-15(13)17-9-18-16/h3-6,9,11-12,21H,1-2,7-8H2,(H,17,18,22). The van der Waals surface area contributed by atoms with E-state index in [4.69, 9.17) is 0 Å². The van der Waals surface area contributed by atoms with E-state index in [-0.39, 0.29) is 0 Å². The number of nitrogens with one attached hydrogen (secondary N) is 2. The van der Waals surface area contributed by atoms with Crippen molar-refractivity contribution in [2.24, 2.45) is 0 Å². The minimum atomic E-state index is 0.585. The molecule has 2 bridgehead atoms. The van der Waals surface area contributed by atoms with Gasteiger partial charge in [0.15, 0.2) is 0 Å². The zero-order valence-electron chi connectivity index (χ0n) is 12.6. The summed E-state index contributed by atoms with van der Waals surface area (Å²) in [5.74, 6) is 1.03. The molecule has 0 saturated carbocycles. The normalized spacial score (nSPS) is 23.6. The molecule has 0 amide bonds. The summed E-state index contributed by atoms with van der Waals surface area (Å²) in [6, 6.07) is 5.23. The molecule has 2 fully saturated rings. The van der Waals surface area contributed by atoms with Crippen LogP contribution in [0.3, 0.4) is 0 Å². The topological polar surface area (TPSA) is 82.6 Å². The molecular formula is C16H17N7. The Balaban J connectivity index is 1.58. The van der Waals surface area contributed by atoms with Gasteiger partial charge in [-0.2, -0.15) is 10.2 Å². The molecular weight excluding hydrogens is 290 g/mol. The Hall–Kier alpha value is -2.54. The molecule has 2 unspecified atom stereocenters. The van der Waals surface area contributed by atoms with Crippen molar-refractivity contribution in [3.05, 3.63) is 30.9 Å². The average molecular weight is 307 g/mol. The number of nitrogens with zero attached hydrogens (tertiary/aromatic N) is 5. The fourth-order valence-corrected chi connectivity index (χ4v) is 3.75. The van der Waals surface area contributed by atoms with Crippen molar-refractivity contribution in [3.63, 3.8) is 0 Å². The van der Waals surface area contributed by atoms with Crippen LogP contribution in [-0.4, -0.2) is 50.3 Å². The second kappa shape index (κ2) is 4.99. The van der Waals surface area contributed by atoms with Crippen molar-refractivity contribution in [2.45, 2.75) is 24.9 Å².